The van der Waals surface area contributed by atoms with Crippen LogP contribution in [0.1, 0.15) is 25.7 Å². The summed E-state index contributed by atoms with van der Waals surface area (Å²) in [6.07, 6.45) is 0. The normalized spacial score (nSPS) is 14.6. The van der Waals surface area contributed by atoms with Crippen molar-refractivity contribution >= 4 is 11.6 Å². The fourth-order valence-electron chi connectivity index (χ4n) is 1.40. The van der Waals surface area contributed by atoms with E-state index in [9.17, 15) is 0 Å². The average Bonchev–Trinajstić information content (AvgIpc) is 2.77. The molecular formula is C12H14ClN3O. The second-order valence-electron chi connectivity index (χ2n) is 4.08. The van der Waals surface area contributed by atoms with Crippen molar-refractivity contribution in [2.45, 2.75) is 25.8 Å². The molecule has 1 aromatic carbocycles. The summed E-state index contributed by atoms with van der Waals surface area (Å²) in [6.45, 7) is 3.86. The largest absolute Gasteiger partial charge is 0.339 e. The van der Waals surface area contributed by atoms with Gasteiger partial charge in [-0.2, -0.15) is 4.98 Å². The van der Waals surface area contributed by atoms with Crippen molar-refractivity contribution in [2.75, 3.05) is 0 Å². The molecule has 17 heavy (non-hydrogen) atoms. The highest BCUT2D eigenvalue weighted by molar-refractivity contribution is 6.33. The summed E-state index contributed by atoms with van der Waals surface area (Å²) in [5.74, 6) is 1.06. The highest BCUT2D eigenvalue weighted by atomic mass is 35.5. The van der Waals surface area contributed by atoms with Gasteiger partial charge in [-0.3, -0.25) is 0 Å². The van der Waals surface area contributed by atoms with Gasteiger partial charge in [0.15, 0.2) is 0 Å². The lowest BCUT2D eigenvalue weighted by molar-refractivity contribution is 0.347. The third-order valence-corrected chi connectivity index (χ3v) is 3.06. The minimum Gasteiger partial charge on any atom is -0.339 e. The molecule has 2 aromatic rings. The lowest BCUT2D eigenvalue weighted by Crippen LogP contribution is -2.22. The standard InChI is InChI=1S/C12H14ClN3O/c1-7(8(2)14)12-15-11(16-17-12)9-5-3-4-6-10(9)13/h3-8H,14H2,1-2H3. The number of nitrogens with zero attached hydrogens (tertiary/aromatic N) is 2. The third kappa shape index (κ3) is 2.48. The van der Waals surface area contributed by atoms with Gasteiger partial charge in [-0.1, -0.05) is 35.8 Å². The summed E-state index contributed by atoms with van der Waals surface area (Å²) in [5.41, 5.74) is 6.56. The Balaban J connectivity index is 2.34. The van der Waals surface area contributed by atoms with E-state index in [1.165, 1.54) is 0 Å². The summed E-state index contributed by atoms with van der Waals surface area (Å²) < 4.78 is 5.20. The number of nitrogens with two attached hydrogens (primary N) is 1. The number of hydrogen-bond donors (Lipinski definition) is 1. The van der Waals surface area contributed by atoms with Crippen LogP contribution in [0.5, 0.6) is 0 Å². The molecule has 0 spiro atoms. The Kier molecular flexibility index (Phi) is 3.45. The Morgan fingerprint density at radius 2 is 2.00 bits per heavy atom. The van der Waals surface area contributed by atoms with E-state index in [0.29, 0.717) is 16.7 Å². The predicted octanol–water partition coefficient (Wildman–Crippen LogP) is 2.84. The van der Waals surface area contributed by atoms with Crippen molar-refractivity contribution in [3.05, 3.63) is 35.2 Å². The summed E-state index contributed by atoms with van der Waals surface area (Å²) in [7, 11) is 0. The molecule has 2 atom stereocenters. The maximum Gasteiger partial charge on any atom is 0.231 e. The molecule has 0 amide bonds. The molecular weight excluding hydrogens is 238 g/mol. The van der Waals surface area contributed by atoms with Crippen LogP contribution in [-0.2, 0) is 0 Å². The first-order valence-corrected chi connectivity index (χ1v) is 5.81. The van der Waals surface area contributed by atoms with E-state index in [4.69, 9.17) is 21.9 Å². The molecule has 0 aliphatic heterocycles. The number of hydrogen-bond acceptors (Lipinski definition) is 4. The summed E-state index contributed by atoms with van der Waals surface area (Å²) >= 11 is 6.06. The molecule has 5 heteroatoms. The van der Waals surface area contributed by atoms with Crippen LogP contribution in [0.3, 0.4) is 0 Å². The van der Waals surface area contributed by atoms with Gasteiger partial charge in [0.1, 0.15) is 0 Å². The molecule has 0 saturated heterocycles. The second kappa shape index (κ2) is 4.85. The first kappa shape index (κ1) is 12.1. The lowest BCUT2D eigenvalue weighted by atomic mass is 10.1. The summed E-state index contributed by atoms with van der Waals surface area (Å²) in [4.78, 5) is 4.32. The van der Waals surface area contributed by atoms with Gasteiger partial charge in [0, 0.05) is 11.6 Å². The summed E-state index contributed by atoms with van der Waals surface area (Å²) in [6, 6.07) is 7.36. The third-order valence-electron chi connectivity index (χ3n) is 2.73. The van der Waals surface area contributed by atoms with Gasteiger partial charge in [-0.05, 0) is 19.1 Å². The van der Waals surface area contributed by atoms with Crippen LogP contribution in [-0.4, -0.2) is 16.2 Å². The van der Waals surface area contributed by atoms with Gasteiger partial charge in [-0.25, -0.2) is 0 Å². The SMILES string of the molecule is CC(N)C(C)c1nc(-c2ccccc2Cl)no1. The zero-order valence-electron chi connectivity index (χ0n) is 9.72. The van der Waals surface area contributed by atoms with Gasteiger partial charge in [-0.15, -0.1) is 0 Å². The van der Waals surface area contributed by atoms with Crippen LogP contribution < -0.4 is 5.73 Å². The molecule has 0 fully saturated rings. The fourth-order valence-corrected chi connectivity index (χ4v) is 1.62. The van der Waals surface area contributed by atoms with Gasteiger partial charge in [0.05, 0.1) is 10.9 Å². The number of halogens is 1. The Morgan fingerprint density at radius 3 is 2.65 bits per heavy atom. The number of benzene rings is 1. The molecule has 90 valence electrons. The molecule has 0 saturated carbocycles. The molecule has 0 bridgehead atoms. The van der Waals surface area contributed by atoms with E-state index >= 15 is 0 Å². The fraction of sp³-hybridized carbons (Fsp3) is 0.333. The van der Waals surface area contributed by atoms with Gasteiger partial charge in [0.25, 0.3) is 0 Å². The van der Waals surface area contributed by atoms with E-state index in [0.717, 1.165) is 5.56 Å². The zero-order valence-corrected chi connectivity index (χ0v) is 10.5. The van der Waals surface area contributed by atoms with Crippen molar-refractivity contribution in [2.24, 2.45) is 5.73 Å². The molecule has 1 heterocycles. The van der Waals surface area contributed by atoms with Crippen molar-refractivity contribution in [1.82, 2.24) is 10.1 Å². The van der Waals surface area contributed by atoms with Crippen molar-refractivity contribution in [3.63, 3.8) is 0 Å². The van der Waals surface area contributed by atoms with Gasteiger partial charge in [0.2, 0.25) is 11.7 Å². The Morgan fingerprint density at radius 1 is 1.29 bits per heavy atom. The first-order chi connectivity index (χ1) is 8.09. The average molecular weight is 252 g/mol. The van der Waals surface area contributed by atoms with Crippen LogP contribution in [0.2, 0.25) is 5.02 Å². The molecule has 4 nitrogen and oxygen atoms in total. The molecule has 0 aliphatic rings. The first-order valence-electron chi connectivity index (χ1n) is 5.43. The monoisotopic (exact) mass is 251 g/mol. The van der Waals surface area contributed by atoms with E-state index < -0.39 is 0 Å². The Labute approximate surface area is 105 Å². The predicted molar refractivity (Wildman–Crippen MR) is 66.8 cm³/mol. The minimum absolute atomic E-state index is 0.0266. The van der Waals surface area contributed by atoms with Gasteiger partial charge >= 0.3 is 0 Å². The molecule has 2 rings (SSSR count). The molecule has 0 aliphatic carbocycles. The topological polar surface area (TPSA) is 64.9 Å². The van der Waals surface area contributed by atoms with Crippen LogP contribution in [0.15, 0.2) is 28.8 Å². The Hall–Kier alpha value is -1.39. The molecule has 2 unspecified atom stereocenters. The zero-order chi connectivity index (χ0) is 12.4. The van der Waals surface area contributed by atoms with Gasteiger partial charge < -0.3 is 10.3 Å². The minimum atomic E-state index is -0.0328. The molecule has 1 aromatic heterocycles. The Bertz CT molecular complexity index is 510. The number of aromatic nitrogens is 2. The van der Waals surface area contributed by atoms with Crippen LogP contribution in [0.4, 0.5) is 0 Å². The van der Waals surface area contributed by atoms with Crippen molar-refractivity contribution in [3.8, 4) is 11.4 Å². The van der Waals surface area contributed by atoms with Crippen molar-refractivity contribution in [1.29, 1.82) is 0 Å². The molecule has 2 N–H and O–H groups in total. The second-order valence-corrected chi connectivity index (χ2v) is 4.49. The van der Waals surface area contributed by atoms with Crippen LogP contribution in [0, 0.1) is 0 Å². The van der Waals surface area contributed by atoms with Crippen LogP contribution in [0.25, 0.3) is 11.4 Å². The smallest absolute Gasteiger partial charge is 0.231 e. The highest BCUT2D eigenvalue weighted by Crippen LogP contribution is 2.26. The maximum atomic E-state index is 6.06. The van der Waals surface area contributed by atoms with E-state index in [1.54, 1.807) is 6.07 Å². The van der Waals surface area contributed by atoms with Crippen LogP contribution >= 0.6 is 11.6 Å². The quantitative estimate of drug-likeness (QED) is 0.911. The van der Waals surface area contributed by atoms with E-state index in [-0.39, 0.29) is 12.0 Å². The molecule has 0 radical (unpaired) electrons. The lowest BCUT2D eigenvalue weighted by Gasteiger charge is -2.09. The van der Waals surface area contributed by atoms with E-state index in [1.807, 2.05) is 32.0 Å². The highest BCUT2D eigenvalue weighted by Gasteiger charge is 2.19. The number of rotatable bonds is 3. The van der Waals surface area contributed by atoms with E-state index in [2.05, 4.69) is 10.1 Å². The maximum absolute atomic E-state index is 6.06. The summed E-state index contributed by atoms with van der Waals surface area (Å²) in [5, 5.41) is 4.53. The van der Waals surface area contributed by atoms with Crippen molar-refractivity contribution < 1.29 is 4.52 Å².